The molecule has 0 heterocycles. The summed E-state index contributed by atoms with van der Waals surface area (Å²) in [6, 6.07) is 0. The molecule has 0 aliphatic carbocycles. The highest BCUT2D eigenvalue weighted by atomic mass is 16.5. The van der Waals surface area contributed by atoms with Crippen LogP contribution in [0.1, 0.15) is 39.5 Å². The molecule has 0 radical (unpaired) electrons. The lowest BCUT2D eigenvalue weighted by Crippen LogP contribution is -2.40. The van der Waals surface area contributed by atoms with Crippen LogP contribution in [0.3, 0.4) is 0 Å². The van der Waals surface area contributed by atoms with Gasteiger partial charge in [-0.25, -0.2) is 0 Å². The van der Waals surface area contributed by atoms with Crippen LogP contribution in [-0.2, 0) is 14.3 Å². The van der Waals surface area contributed by atoms with E-state index in [1.165, 1.54) is 0 Å². The molecule has 0 amide bonds. The van der Waals surface area contributed by atoms with Gasteiger partial charge in [0.25, 0.3) is 0 Å². The number of esters is 1. The van der Waals surface area contributed by atoms with Gasteiger partial charge in [-0.05, 0) is 19.8 Å². The normalized spacial score (nSPS) is 13.6. The third-order valence-electron chi connectivity index (χ3n) is 2.45. The van der Waals surface area contributed by atoms with Gasteiger partial charge in [-0.1, -0.05) is 13.3 Å². The van der Waals surface area contributed by atoms with Crippen molar-refractivity contribution in [2.75, 3.05) is 6.61 Å². The van der Waals surface area contributed by atoms with E-state index in [0.29, 0.717) is 6.42 Å². The first-order valence-electron chi connectivity index (χ1n) is 5.39. The second-order valence-electron chi connectivity index (χ2n) is 3.56. The van der Waals surface area contributed by atoms with Crippen molar-refractivity contribution in [3.8, 4) is 12.3 Å². The first-order valence-corrected chi connectivity index (χ1v) is 5.39. The number of terminal acetylenes is 1. The van der Waals surface area contributed by atoms with Crippen molar-refractivity contribution < 1.29 is 19.4 Å². The van der Waals surface area contributed by atoms with Gasteiger partial charge in [0.1, 0.15) is 0 Å². The summed E-state index contributed by atoms with van der Waals surface area (Å²) >= 11 is 0. The van der Waals surface area contributed by atoms with Crippen molar-refractivity contribution in [3.05, 3.63) is 0 Å². The van der Waals surface area contributed by atoms with Crippen molar-refractivity contribution in [1.82, 2.24) is 0 Å². The number of rotatable bonds is 7. The second-order valence-corrected chi connectivity index (χ2v) is 3.56. The Morgan fingerprint density at radius 2 is 2.00 bits per heavy atom. The SMILES string of the molecule is C#CCCC(CCC)(C(=O)O)C(=O)OCC. The van der Waals surface area contributed by atoms with E-state index in [1.807, 2.05) is 6.92 Å². The van der Waals surface area contributed by atoms with E-state index in [2.05, 4.69) is 5.92 Å². The minimum Gasteiger partial charge on any atom is -0.480 e. The van der Waals surface area contributed by atoms with Gasteiger partial charge in [-0.2, -0.15) is 0 Å². The third-order valence-corrected chi connectivity index (χ3v) is 2.45. The van der Waals surface area contributed by atoms with Crippen molar-refractivity contribution in [2.24, 2.45) is 5.41 Å². The molecule has 0 aliphatic rings. The standard InChI is InChI=1S/C12H18O4/c1-4-7-9-12(8-5-2,10(13)14)11(15)16-6-3/h1H,5-9H2,2-3H3,(H,13,14). The van der Waals surface area contributed by atoms with Gasteiger partial charge in [-0.3, -0.25) is 9.59 Å². The van der Waals surface area contributed by atoms with E-state index < -0.39 is 17.4 Å². The highest BCUT2D eigenvalue weighted by molar-refractivity contribution is 5.99. The molecule has 0 fully saturated rings. The van der Waals surface area contributed by atoms with E-state index in [9.17, 15) is 14.7 Å². The minimum atomic E-state index is -1.48. The van der Waals surface area contributed by atoms with Crippen LogP contribution < -0.4 is 0 Å². The van der Waals surface area contributed by atoms with Crippen LogP contribution >= 0.6 is 0 Å². The molecule has 90 valence electrons. The Bertz CT molecular complexity index is 290. The van der Waals surface area contributed by atoms with Gasteiger partial charge in [-0.15, -0.1) is 12.3 Å². The highest BCUT2D eigenvalue weighted by Gasteiger charge is 2.46. The smallest absolute Gasteiger partial charge is 0.323 e. The minimum absolute atomic E-state index is 0.130. The maximum atomic E-state index is 11.7. The number of ether oxygens (including phenoxy) is 1. The van der Waals surface area contributed by atoms with Gasteiger partial charge >= 0.3 is 11.9 Å². The average Bonchev–Trinajstić information content (AvgIpc) is 2.24. The molecular weight excluding hydrogens is 208 g/mol. The van der Waals surface area contributed by atoms with Crippen LogP contribution in [0.2, 0.25) is 0 Å². The van der Waals surface area contributed by atoms with Crippen molar-refractivity contribution in [2.45, 2.75) is 39.5 Å². The molecule has 1 N–H and O–H groups in total. The molecule has 0 aromatic rings. The zero-order chi connectivity index (χ0) is 12.6. The summed E-state index contributed by atoms with van der Waals surface area (Å²) in [4.78, 5) is 23.0. The van der Waals surface area contributed by atoms with Crippen molar-refractivity contribution >= 4 is 11.9 Å². The third kappa shape index (κ3) is 3.27. The summed E-state index contributed by atoms with van der Waals surface area (Å²) in [6.45, 7) is 3.65. The van der Waals surface area contributed by atoms with Crippen LogP contribution in [0.15, 0.2) is 0 Å². The maximum Gasteiger partial charge on any atom is 0.323 e. The number of carbonyl (C=O) groups is 2. The molecule has 4 heteroatoms. The second kappa shape index (κ2) is 6.89. The molecular formula is C12H18O4. The molecule has 0 bridgehead atoms. The lowest BCUT2D eigenvalue weighted by molar-refractivity contribution is -0.169. The Morgan fingerprint density at radius 1 is 1.38 bits per heavy atom. The number of hydrogen-bond acceptors (Lipinski definition) is 3. The Balaban J connectivity index is 5.00. The fourth-order valence-corrected chi connectivity index (χ4v) is 1.61. The Labute approximate surface area is 96.0 Å². The molecule has 0 aromatic carbocycles. The summed E-state index contributed by atoms with van der Waals surface area (Å²) < 4.78 is 4.83. The first-order chi connectivity index (χ1) is 7.55. The van der Waals surface area contributed by atoms with Gasteiger partial charge in [0.05, 0.1) is 6.61 Å². The molecule has 16 heavy (non-hydrogen) atoms. The summed E-state index contributed by atoms with van der Waals surface area (Å²) in [7, 11) is 0. The zero-order valence-electron chi connectivity index (χ0n) is 9.78. The largest absolute Gasteiger partial charge is 0.480 e. The van der Waals surface area contributed by atoms with Crippen LogP contribution in [0.5, 0.6) is 0 Å². The molecule has 4 nitrogen and oxygen atoms in total. The quantitative estimate of drug-likeness (QED) is 0.408. The topological polar surface area (TPSA) is 63.6 Å². The van der Waals surface area contributed by atoms with E-state index in [0.717, 1.165) is 0 Å². The van der Waals surface area contributed by atoms with E-state index in [-0.39, 0.29) is 25.9 Å². The average molecular weight is 226 g/mol. The van der Waals surface area contributed by atoms with Gasteiger partial charge in [0, 0.05) is 6.42 Å². The molecule has 1 atom stereocenters. The van der Waals surface area contributed by atoms with E-state index in [1.54, 1.807) is 6.92 Å². The van der Waals surface area contributed by atoms with E-state index in [4.69, 9.17) is 11.2 Å². The van der Waals surface area contributed by atoms with E-state index >= 15 is 0 Å². The number of aliphatic carboxylic acids is 1. The Kier molecular flexibility index (Phi) is 6.24. The molecule has 0 aliphatic heterocycles. The summed E-state index contributed by atoms with van der Waals surface area (Å²) in [5.74, 6) is 0.531. The number of carbonyl (C=O) groups excluding carboxylic acids is 1. The Morgan fingerprint density at radius 3 is 2.38 bits per heavy atom. The molecule has 0 saturated carbocycles. The molecule has 1 unspecified atom stereocenters. The summed E-state index contributed by atoms with van der Waals surface area (Å²) in [5.41, 5.74) is -1.48. The van der Waals surface area contributed by atoms with Crippen LogP contribution in [0, 0.1) is 17.8 Å². The van der Waals surface area contributed by atoms with Crippen LogP contribution in [0.4, 0.5) is 0 Å². The van der Waals surface area contributed by atoms with Gasteiger partial charge in [0.15, 0.2) is 5.41 Å². The zero-order valence-corrected chi connectivity index (χ0v) is 9.78. The predicted molar refractivity (Wildman–Crippen MR) is 59.7 cm³/mol. The maximum absolute atomic E-state index is 11.7. The predicted octanol–water partition coefficient (Wildman–Crippen LogP) is 1.83. The Hall–Kier alpha value is -1.50. The lowest BCUT2D eigenvalue weighted by Gasteiger charge is -2.25. The van der Waals surface area contributed by atoms with Gasteiger partial charge < -0.3 is 9.84 Å². The van der Waals surface area contributed by atoms with Gasteiger partial charge in [0.2, 0.25) is 0 Å². The monoisotopic (exact) mass is 226 g/mol. The van der Waals surface area contributed by atoms with Crippen LogP contribution in [-0.4, -0.2) is 23.7 Å². The fourth-order valence-electron chi connectivity index (χ4n) is 1.61. The first kappa shape index (κ1) is 14.5. The summed E-state index contributed by atoms with van der Waals surface area (Å²) in [5, 5.41) is 9.21. The number of carboxylic acid groups (broad SMARTS) is 1. The van der Waals surface area contributed by atoms with Crippen molar-refractivity contribution in [1.29, 1.82) is 0 Å². The molecule has 0 spiro atoms. The molecule has 0 saturated heterocycles. The fraction of sp³-hybridized carbons (Fsp3) is 0.667. The summed E-state index contributed by atoms with van der Waals surface area (Å²) in [6.07, 6.45) is 6.34. The molecule has 0 rings (SSSR count). The lowest BCUT2D eigenvalue weighted by atomic mass is 9.79. The van der Waals surface area contributed by atoms with Crippen LogP contribution in [0.25, 0.3) is 0 Å². The number of hydrogen-bond donors (Lipinski definition) is 1. The number of carboxylic acids is 1. The molecule has 0 aromatic heterocycles. The highest BCUT2D eigenvalue weighted by Crippen LogP contribution is 2.32. The van der Waals surface area contributed by atoms with Crippen molar-refractivity contribution in [3.63, 3.8) is 0 Å².